The lowest BCUT2D eigenvalue weighted by atomic mass is 10.1. The maximum atomic E-state index is 12.3. The van der Waals surface area contributed by atoms with Gasteiger partial charge in [0.2, 0.25) is 0 Å². The molecule has 0 radical (unpaired) electrons. The zero-order valence-electron chi connectivity index (χ0n) is 11.2. The quantitative estimate of drug-likeness (QED) is 0.942. The monoisotopic (exact) mass is 287 g/mol. The Morgan fingerprint density at radius 2 is 2.45 bits per heavy atom. The number of rotatable bonds is 3. The van der Waals surface area contributed by atoms with Crippen LogP contribution in [-0.4, -0.2) is 22.5 Å². The number of hydrogen-bond donors (Lipinski definition) is 1. The Morgan fingerprint density at radius 1 is 1.50 bits per heavy atom. The number of pyridine rings is 1. The summed E-state index contributed by atoms with van der Waals surface area (Å²) in [6.07, 6.45) is 5.64. The van der Waals surface area contributed by atoms with Crippen LogP contribution in [-0.2, 0) is 6.54 Å². The van der Waals surface area contributed by atoms with Crippen LogP contribution >= 0.6 is 11.3 Å². The molecule has 1 aliphatic heterocycles. The molecule has 3 rings (SSSR count). The summed E-state index contributed by atoms with van der Waals surface area (Å²) < 4.78 is 0. The highest BCUT2D eigenvalue weighted by Crippen LogP contribution is 2.32. The van der Waals surface area contributed by atoms with Gasteiger partial charge in [0.05, 0.1) is 6.04 Å². The Kier molecular flexibility index (Phi) is 3.97. The Hall–Kier alpha value is -1.88. The number of carbonyl (C=O) groups excluding carboxylic acids is 1. The maximum Gasteiger partial charge on any atom is 0.318 e. The zero-order chi connectivity index (χ0) is 13.8. The minimum absolute atomic E-state index is 0.0163. The average Bonchev–Trinajstić information content (AvgIpc) is 3.15. The lowest BCUT2D eigenvalue weighted by Crippen LogP contribution is -2.39. The summed E-state index contributed by atoms with van der Waals surface area (Å²) in [5.41, 5.74) is 2.27. The van der Waals surface area contributed by atoms with E-state index in [1.807, 2.05) is 17.0 Å². The van der Waals surface area contributed by atoms with E-state index in [0.29, 0.717) is 6.54 Å². The molecule has 1 saturated heterocycles. The first-order chi connectivity index (χ1) is 9.84. The van der Waals surface area contributed by atoms with Crippen molar-refractivity contribution in [2.75, 3.05) is 6.54 Å². The van der Waals surface area contributed by atoms with Gasteiger partial charge in [0, 0.05) is 25.5 Å². The highest BCUT2D eigenvalue weighted by molar-refractivity contribution is 7.07. The number of nitrogens with one attached hydrogen (secondary N) is 1. The molecule has 2 aromatic heterocycles. The van der Waals surface area contributed by atoms with Crippen molar-refractivity contribution in [2.24, 2.45) is 0 Å². The van der Waals surface area contributed by atoms with E-state index in [-0.39, 0.29) is 12.1 Å². The van der Waals surface area contributed by atoms with Crippen LogP contribution in [0, 0.1) is 0 Å². The molecule has 5 heteroatoms. The molecule has 3 heterocycles. The van der Waals surface area contributed by atoms with Crippen LogP contribution in [0.15, 0.2) is 41.4 Å². The molecule has 104 valence electrons. The van der Waals surface area contributed by atoms with Gasteiger partial charge in [0.25, 0.3) is 0 Å². The summed E-state index contributed by atoms with van der Waals surface area (Å²) in [5.74, 6) is 0. The molecule has 20 heavy (non-hydrogen) atoms. The lowest BCUT2D eigenvalue weighted by molar-refractivity contribution is 0.192. The van der Waals surface area contributed by atoms with Gasteiger partial charge in [0.15, 0.2) is 0 Å². The minimum Gasteiger partial charge on any atom is -0.334 e. The Balaban J connectivity index is 1.62. The van der Waals surface area contributed by atoms with E-state index >= 15 is 0 Å². The summed E-state index contributed by atoms with van der Waals surface area (Å²) >= 11 is 1.68. The van der Waals surface area contributed by atoms with E-state index in [1.54, 1.807) is 23.7 Å². The fourth-order valence-electron chi connectivity index (χ4n) is 2.60. The third kappa shape index (κ3) is 2.82. The first kappa shape index (κ1) is 13.1. The van der Waals surface area contributed by atoms with Crippen LogP contribution in [0.4, 0.5) is 4.79 Å². The second-order valence-corrected chi connectivity index (χ2v) is 5.71. The molecule has 0 unspecified atom stereocenters. The molecule has 1 N–H and O–H groups in total. The van der Waals surface area contributed by atoms with Crippen LogP contribution in [0.2, 0.25) is 0 Å². The number of carbonyl (C=O) groups is 1. The molecule has 0 spiro atoms. The topological polar surface area (TPSA) is 45.2 Å². The van der Waals surface area contributed by atoms with Crippen molar-refractivity contribution in [1.82, 2.24) is 15.2 Å². The van der Waals surface area contributed by atoms with Gasteiger partial charge in [-0.25, -0.2) is 4.79 Å². The molecule has 1 atom stereocenters. The average molecular weight is 287 g/mol. The molecule has 0 aromatic carbocycles. The molecule has 1 fully saturated rings. The summed E-state index contributed by atoms with van der Waals surface area (Å²) in [7, 11) is 0. The predicted octanol–water partition coefficient (Wildman–Crippen LogP) is 3.19. The number of urea groups is 1. The van der Waals surface area contributed by atoms with Crippen LogP contribution < -0.4 is 5.32 Å². The number of likely N-dealkylation sites (tertiary alicyclic amines) is 1. The third-order valence-electron chi connectivity index (χ3n) is 3.61. The van der Waals surface area contributed by atoms with E-state index in [0.717, 1.165) is 24.9 Å². The van der Waals surface area contributed by atoms with Crippen molar-refractivity contribution in [2.45, 2.75) is 25.4 Å². The van der Waals surface area contributed by atoms with Gasteiger partial charge < -0.3 is 10.2 Å². The second-order valence-electron chi connectivity index (χ2n) is 4.93. The number of hydrogen-bond acceptors (Lipinski definition) is 3. The SMILES string of the molecule is O=C(NCc1cccnc1)N1CCC[C@@H]1c1ccsc1. The highest BCUT2D eigenvalue weighted by Gasteiger charge is 2.29. The van der Waals surface area contributed by atoms with Gasteiger partial charge >= 0.3 is 6.03 Å². The molecule has 0 bridgehead atoms. The van der Waals surface area contributed by atoms with Gasteiger partial charge in [-0.1, -0.05) is 6.07 Å². The number of aromatic nitrogens is 1. The molecule has 2 aromatic rings. The van der Waals surface area contributed by atoms with E-state index in [4.69, 9.17) is 0 Å². The summed E-state index contributed by atoms with van der Waals surface area (Å²) in [5, 5.41) is 7.19. The summed E-state index contributed by atoms with van der Waals surface area (Å²) in [6, 6.07) is 6.21. The number of nitrogens with zero attached hydrogens (tertiary/aromatic N) is 2. The van der Waals surface area contributed by atoms with Crippen molar-refractivity contribution in [1.29, 1.82) is 0 Å². The van der Waals surface area contributed by atoms with E-state index < -0.39 is 0 Å². The Labute approximate surface area is 122 Å². The smallest absolute Gasteiger partial charge is 0.318 e. The fraction of sp³-hybridized carbons (Fsp3) is 0.333. The summed E-state index contributed by atoms with van der Waals surface area (Å²) in [6.45, 7) is 1.36. The van der Waals surface area contributed by atoms with Gasteiger partial charge in [-0.15, -0.1) is 0 Å². The molecular weight excluding hydrogens is 270 g/mol. The van der Waals surface area contributed by atoms with E-state index in [9.17, 15) is 4.79 Å². The van der Waals surface area contributed by atoms with E-state index in [1.165, 1.54) is 5.56 Å². The van der Waals surface area contributed by atoms with Gasteiger partial charge in [0.1, 0.15) is 0 Å². The predicted molar refractivity (Wildman–Crippen MR) is 79.5 cm³/mol. The second kappa shape index (κ2) is 6.05. The number of thiophene rings is 1. The first-order valence-corrected chi connectivity index (χ1v) is 7.74. The molecular formula is C15H17N3OS. The van der Waals surface area contributed by atoms with Crippen molar-refractivity contribution in [3.05, 3.63) is 52.5 Å². The molecule has 4 nitrogen and oxygen atoms in total. The number of amides is 2. The summed E-state index contributed by atoms with van der Waals surface area (Å²) in [4.78, 5) is 18.3. The fourth-order valence-corrected chi connectivity index (χ4v) is 3.31. The standard InChI is InChI=1S/C15H17N3OS/c19-15(17-10-12-3-1-6-16-9-12)18-7-2-4-14(18)13-5-8-20-11-13/h1,3,5-6,8-9,11,14H,2,4,7,10H2,(H,17,19)/t14-/m1/s1. The van der Waals surface area contributed by atoms with Crippen molar-refractivity contribution in [3.8, 4) is 0 Å². The lowest BCUT2D eigenvalue weighted by Gasteiger charge is -2.24. The molecule has 1 aliphatic rings. The van der Waals surface area contributed by atoms with Gasteiger partial charge in [-0.05, 0) is 46.9 Å². The highest BCUT2D eigenvalue weighted by atomic mass is 32.1. The maximum absolute atomic E-state index is 12.3. The zero-order valence-corrected chi connectivity index (χ0v) is 12.0. The van der Waals surface area contributed by atoms with Gasteiger partial charge in [-0.2, -0.15) is 11.3 Å². The third-order valence-corrected chi connectivity index (χ3v) is 4.31. The van der Waals surface area contributed by atoms with Crippen LogP contribution in [0.25, 0.3) is 0 Å². The largest absolute Gasteiger partial charge is 0.334 e. The van der Waals surface area contributed by atoms with E-state index in [2.05, 4.69) is 27.1 Å². The van der Waals surface area contributed by atoms with Crippen molar-refractivity contribution in [3.63, 3.8) is 0 Å². The molecule has 0 aliphatic carbocycles. The first-order valence-electron chi connectivity index (χ1n) is 6.80. The van der Waals surface area contributed by atoms with Crippen LogP contribution in [0.3, 0.4) is 0 Å². The molecule has 0 saturated carbocycles. The van der Waals surface area contributed by atoms with Gasteiger partial charge in [-0.3, -0.25) is 4.98 Å². The van der Waals surface area contributed by atoms with Crippen molar-refractivity contribution < 1.29 is 4.79 Å². The van der Waals surface area contributed by atoms with Crippen molar-refractivity contribution >= 4 is 17.4 Å². The Bertz CT molecular complexity index is 556. The van der Waals surface area contributed by atoms with Crippen LogP contribution in [0.5, 0.6) is 0 Å². The minimum atomic E-state index is 0.0163. The molecule has 2 amide bonds. The Morgan fingerprint density at radius 3 is 3.20 bits per heavy atom. The van der Waals surface area contributed by atoms with Crippen LogP contribution in [0.1, 0.15) is 30.0 Å². The normalized spacial score (nSPS) is 18.2.